The van der Waals surface area contributed by atoms with Crippen molar-refractivity contribution < 1.29 is 28.7 Å². The molecular weight excluding hydrogens is 1090 g/mol. The molecule has 0 radical (unpaired) electrons. The first-order valence-electron chi connectivity index (χ1n) is 30.4. The third kappa shape index (κ3) is 21.2. The number of benzene rings is 3. The normalized spacial score (nSPS) is 13.0. The molecule has 3 N–H and O–H groups in total. The lowest BCUT2D eigenvalue weighted by Crippen LogP contribution is -2.48. The average molecular weight is 1170 g/mol. The molecule has 3 amide bonds. The summed E-state index contributed by atoms with van der Waals surface area (Å²) in [6, 6.07) is 38.7. The number of aromatic nitrogens is 3. The monoisotopic (exact) mass is 1170 g/mol. The maximum atomic E-state index is 15.2. The standard InChI is InChI=1S/C69H86ClN9O6/c1-5-8-11-27-65(80)75-63-25-19-23-60(73-63)50-77(48-58(71)21-7-3)45-53-42-54(46-78(49-59-22-13-16-39-72-59)51-61-24-20-26-64(74-61)76-66(81)28-12-9-6-2)44-62(43-53)85-41-18-17-40-79(47-52-29-31-55(32-30-52)67(82)84-4)68(83)69(37-14-10-15-38-69)56-33-35-57(70)36-34-56/h7,13,16,19-26,29-36,39,42-44,71H,5-6,8-12,14-15,17-18,27-28,37-38,40-41,45-51H2,1-4H3,(H,73,75,80)(H,74,76,81)/b21-7-,71-58?. The predicted octanol–water partition coefficient (Wildman–Crippen LogP) is 14.2. The van der Waals surface area contributed by atoms with E-state index in [0.29, 0.717) is 118 Å². The second-order valence-electron chi connectivity index (χ2n) is 22.3. The van der Waals surface area contributed by atoms with Crippen molar-refractivity contribution in [2.24, 2.45) is 0 Å². The van der Waals surface area contributed by atoms with E-state index in [1.165, 1.54) is 7.11 Å². The number of carbonyl (C=O) groups is 4. The molecule has 0 saturated heterocycles. The van der Waals surface area contributed by atoms with Crippen LogP contribution in [0.5, 0.6) is 5.75 Å². The van der Waals surface area contributed by atoms with Gasteiger partial charge in [-0.2, -0.15) is 0 Å². The van der Waals surface area contributed by atoms with Crippen LogP contribution < -0.4 is 15.4 Å². The fourth-order valence-corrected chi connectivity index (χ4v) is 11.2. The summed E-state index contributed by atoms with van der Waals surface area (Å²) in [6.45, 7) is 10.1. The number of pyridine rings is 3. The van der Waals surface area contributed by atoms with Crippen LogP contribution in [0.2, 0.25) is 5.02 Å². The van der Waals surface area contributed by atoms with Gasteiger partial charge in [0.1, 0.15) is 17.4 Å². The molecule has 1 aliphatic carbocycles. The zero-order chi connectivity index (χ0) is 60.2. The first kappa shape index (κ1) is 65.0. The SMILES string of the molecule is C/C=C\C(=N)CN(Cc1cc(CN(Cc2ccccn2)Cc2cccc(NC(=O)CCCCC)n2)cc(OCCCCN(Cc2ccc(C(=O)OC)cc2)C(=O)C2(c3ccc(Cl)cc3)CCCCC2)c1)Cc1cccc(NC(=O)CCCCC)n1. The number of halogens is 1. The van der Waals surface area contributed by atoms with E-state index in [4.69, 9.17) is 41.4 Å². The van der Waals surface area contributed by atoms with Crippen LogP contribution in [0, 0.1) is 5.41 Å². The lowest BCUT2D eigenvalue weighted by atomic mass is 9.68. The number of allylic oxidation sites excluding steroid dienone is 1. The quantitative estimate of drug-likeness (QED) is 0.0199. The fourth-order valence-electron chi connectivity index (χ4n) is 11.1. The minimum Gasteiger partial charge on any atom is -0.494 e. The Morgan fingerprint density at radius 3 is 1.84 bits per heavy atom. The number of nitrogens with zero attached hydrogens (tertiary/aromatic N) is 6. The Labute approximate surface area is 508 Å². The van der Waals surface area contributed by atoms with E-state index in [-0.39, 0.29) is 17.7 Å². The van der Waals surface area contributed by atoms with E-state index in [9.17, 15) is 14.4 Å². The summed E-state index contributed by atoms with van der Waals surface area (Å²) >= 11 is 6.39. The van der Waals surface area contributed by atoms with Crippen LogP contribution >= 0.6 is 11.6 Å². The van der Waals surface area contributed by atoms with Crippen LogP contribution in [-0.2, 0) is 63.8 Å². The minimum absolute atomic E-state index is 0.0486. The van der Waals surface area contributed by atoms with Gasteiger partial charge in [-0.05, 0) is 147 Å². The highest BCUT2D eigenvalue weighted by molar-refractivity contribution is 6.30. The number of carbonyl (C=O) groups excluding carboxylic acids is 4. The highest BCUT2D eigenvalue weighted by Gasteiger charge is 2.43. The Bertz CT molecular complexity index is 3110. The van der Waals surface area contributed by atoms with E-state index in [2.05, 4.69) is 52.5 Å². The van der Waals surface area contributed by atoms with Gasteiger partial charge in [-0.3, -0.25) is 29.2 Å². The summed E-state index contributed by atoms with van der Waals surface area (Å²) in [5.41, 5.74) is 6.52. The van der Waals surface area contributed by atoms with Gasteiger partial charge in [-0.15, -0.1) is 0 Å². The van der Waals surface area contributed by atoms with Crippen molar-refractivity contribution in [1.29, 1.82) is 5.41 Å². The molecule has 0 spiro atoms. The molecule has 0 aliphatic heterocycles. The molecule has 6 aromatic rings. The molecule has 0 unspecified atom stereocenters. The first-order valence-corrected chi connectivity index (χ1v) is 30.8. The highest BCUT2D eigenvalue weighted by Crippen LogP contribution is 2.42. The Balaban J connectivity index is 1.16. The molecule has 1 saturated carbocycles. The molecule has 15 nitrogen and oxygen atoms in total. The van der Waals surface area contributed by atoms with Gasteiger partial charge in [0.2, 0.25) is 17.7 Å². The molecular formula is C69H86ClN9O6. The lowest BCUT2D eigenvalue weighted by molar-refractivity contribution is -0.139. The Morgan fingerprint density at radius 1 is 0.647 bits per heavy atom. The van der Waals surface area contributed by atoms with Gasteiger partial charge in [0.15, 0.2) is 0 Å². The van der Waals surface area contributed by atoms with Gasteiger partial charge < -0.3 is 30.4 Å². The number of hydrogen-bond acceptors (Lipinski definition) is 12. The van der Waals surface area contributed by atoms with E-state index < -0.39 is 11.4 Å². The Kier molecular flexibility index (Phi) is 26.3. The zero-order valence-electron chi connectivity index (χ0n) is 50.3. The van der Waals surface area contributed by atoms with Gasteiger partial charge in [0.25, 0.3) is 0 Å². The first-order chi connectivity index (χ1) is 41.3. The molecule has 1 fully saturated rings. The van der Waals surface area contributed by atoms with Crippen LogP contribution in [0.1, 0.15) is 167 Å². The van der Waals surface area contributed by atoms with E-state index in [0.717, 1.165) is 110 Å². The fraction of sp³-hybridized carbons (Fsp3) is 0.420. The van der Waals surface area contributed by atoms with Crippen LogP contribution in [0.15, 0.2) is 140 Å². The van der Waals surface area contributed by atoms with Crippen molar-refractivity contribution in [3.8, 4) is 5.75 Å². The number of unbranched alkanes of at least 4 members (excludes halogenated alkanes) is 5. The number of hydrogen-bond donors (Lipinski definition) is 3. The molecule has 16 heteroatoms. The van der Waals surface area contributed by atoms with Crippen molar-refractivity contribution in [3.05, 3.63) is 190 Å². The second-order valence-corrected chi connectivity index (χ2v) is 22.7. The lowest BCUT2D eigenvalue weighted by Gasteiger charge is -2.40. The third-order valence-corrected chi connectivity index (χ3v) is 15.5. The second kappa shape index (κ2) is 34.4. The van der Waals surface area contributed by atoms with Gasteiger partial charge in [-0.1, -0.05) is 125 Å². The molecule has 3 aromatic heterocycles. The maximum absolute atomic E-state index is 15.2. The summed E-state index contributed by atoms with van der Waals surface area (Å²) in [5, 5.41) is 15.6. The van der Waals surface area contributed by atoms with Crippen LogP contribution in [0.3, 0.4) is 0 Å². The Morgan fingerprint density at radius 2 is 1.25 bits per heavy atom. The largest absolute Gasteiger partial charge is 0.494 e. The van der Waals surface area contributed by atoms with Crippen molar-refractivity contribution in [1.82, 2.24) is 29.7 Å². The van der Waals surface area contributed by atoms with E-state index >= 15 is 4.79 Å². The minimum atomic E-state index is -0.683. The maximum Gasteiger partial charge on any atom is 0.337 e. The average Bonchev–Trinajstić information content (AvgIpc) is 2.22. The number of anilines is 2. The van der Waals surface area contributed by atoms with Crippen molar-refractivity contribution in [2.75, 3.05) is 37.4 Å². The molecule has 85 heavy (non-hydrogen) atoms. The molecule has 1 aliphatic rings. The summed E-state index contributed by atoms with van der Waals surface area (Å²) in [7, 11) is 1.37. The van der Waals surface area contributed by atoms with Crippen molar-refractivity contribution in [2.45, 2.75) is 162 Å². The number of nitrogens with one attached hydrogen (secondary N) is 3. The topological polar surface area (TPSA) is 183 Å². The number of amides is 3. The Hall–Kier alpha value is -7.59. The van der Waals surface area contributed by atoms with Crippen molar-refractivity contribution >= 4 is 52.6 Å². The number of methoxy groups -OCH3 is 1. The summed E-state index contributed by atoms with van der Waals surface area (Å²) in [6.07, 6.45) is 17.9. The van der Waals surface area contributed by atoms with E-state index in [1.807, 2.05) is 109 Å². The molecule has 7 rings (SSSR count). The summed E-state index contributed by atoms with van der Waals surface area (Å²) < 4.78 is 11.7. The van der Waals surface area contributed by atoms with Crippen LogP contribution in [-0.4, -0.2) is 85.9 Å². The number of esters is 1. The van der Waals surface area contributed by atoms with Crippen LogP contribution in [0.25, 0.3) is 0 Å². The van der Waals surface area contributed by atoms with Crippen molar-refractivity contribution in [3.63, 3.8) is 0 Å². The smallest absolute Gasteiger partial charge is 0.337 e. The predicted molar refractivity (Wildman–Crippen MR) is 338 cm³/mol. The molecule has 3 aromatic carbocycles. The third-order valence-electron chi connectivity index (χ3n) is 15.3. The number of rotatable bonds is 34. The molecule has 450 valence electrons. The highest BCUT2D eigenvalue weighted by atomic mass is 35.5. The van der Waals surface area contributed by atoms with E-state index in [1.54, 1.807) is 24.4 Å². The molecule has 0 atom stereocenters. The summed E-state index contributed by atoms with van der Waals surface area (Å²) in [5.74, 6) is 1.28. The molecule has 0 bridgehead atoms. The molecule has 3 heterocycles. The van der Waals surface area contributed by atoms with Gasteiger partial charge in [0, 0.05) is 82.1 Å². The van der Waals surface area contributed by atoms with Gasteiger partial charge in [0.05, 0.1) is 41.8 Å². The van der Waals surface area contributed by atoms with Gasteiger partial charge in [-0.25, -0.2) is 14.8 Å². The van der Waals surface area contributed by atoms with Gasteiger partial charge >= 0.3 is 5.97 Å². The summed E-state index contributed by atoms with van der Waals surface area (Å²) in [4.78, 5) is 74.2. The zero-order valence-corrected chi connectivity index (χ0v) is 51.0. The number of ether oxygens (including phenoxy) is 2. The van der Waals surface area contributed by atoms with Crippen LogP contribution in [0.4, 0.5) is 11.6 Å².